The molecule has 3 N–H and O–H groups in total. The molecule has 0 aliphatic heterocycles. The molecule has 0 unspecified atom stereocenters. The van der Waals surface area contributed by atoms with Crippen LogP contribution < -0.4 is 10.5 Å². The Morgan fingerprint density at radius 3 is 2.47 bits per heavy atom. The molecule has 0 aromatic heterocycles. The molecular weight excluding hydrogens is 395 g/mol. The quantitative estimate of drug-likeness (QED) is 0.562. The van der Waals surface area contributed by atoms with Crippen LogP contribution in [0.4, 0.5) is 0 Å². The number of amidine groups is 1. The molecule has 0 heterocycles. The first kappa shape index (κ1) is 14.4. The third kappa shape index (κ3) is 3.49. The predicted octanol–water partition coefficient (Wildman–Crippen LogP) is 4.94. The van der Waals surface area contributed by atoms with Crippen LogP contribution in [0.1, 0.15) is 5.56 Å². The SMILES string of the molecule is N=C(N)c1ccc(Oc2cc(Br)ccc2Cl)c(Br)c1. The molecule has 0 aliphatic rings. The van der Waals surface area contributed by atoms with Crippen molar-refractivity contribution in [2.24, 2.45) is 5.73 Å². The Morgan fingerprint density at radius 2 is 1.84 bits per heavy atom. The van der Waals surface area contributed by atoms with Gasteiger partial charge in [-0.25, -0.2) is 0 Å². The Morgan fingerprint density at radius 1 is 1.11 bits per heavy atom. The summed E-state index contributed by atoms with van der Waals surface area (Å²) < 4.78 is 7.32. The molecule has 0 fully saturated rings. The van der Waals surface area contributed by atoms with Crippen molar-refractivity contribution in [3.8, 4) is 11.5 Å². The van der Waals surface area contributed by atoms with E-state index in [4.69, 9.17) is 27.5 Å². The Labute approximate surface area is 132 Å². The minimum absolute atomic E-state index is 0.00716. The minimum Gasteiger partial charge on any atom is -0.455 e. The number of nitrogen functional groups attached to an aromatic ring is 1. The van der Waals surface area contributed by atoms with Crippen molar-refractivity contribution in [1.29, 1.82) is 5.41 Å². The average Bonchev–Trinajstić information content (AvgIpc) is 2.36. The van der Waals surface area contributed by atoms with Crippen LogP contribution in [-0.2, 0) is 0 Å². The summed E-state index contributed by atoms with van der Waals surface area (Å²) in [6.45, 7) is 0. The fourth-order valence-corrected chi connectivity index (χ4v) is 2.38. The molecule has 0 bridgehead atoms. The first-order valence-electron chi connectivity index (χ1n) is 5.24. The lowest BCUT2D eigenvalue weighted by molar-refractivity contribution is 0.479. The van der Waals surface area contributed by atoms with E-state index in [-0.39, 0.29) is 5.84 Å². The van der Waals surface area contributed by atoms with E-state index in [1.165, 1.54) is 0 Å². The van der Waals surface area contributed by atoms with Gasteiger partial charge >= 0.3 is 0 Å². The van der Waals surface area contributed by atoms with E-state index >= 15 is 0 Å². The first-order valence-corrected chi connectivity index (χ1v) is 7.20. The molecule has 3 nitrogen and oxygen atoms in total. The van der Waals surface area contributed by atoms with Crippen molar-refractivity contribution in [2.45, 2.75) is 0 Å². The minimum atomic E-state index is 0.00716. The fraction of sp³-hybridized carbons (Fsp3) is 0. The summed E-state index contributed by atoms with van der Waals surface area (Å²) >= 11 is 12.8. The van der Waals surface area contributed by atoms with Gasteiger partial charge in [-0.3, -0.25) is 5.41 Å². The van der Waals surface area contributed by atoms with E-state index in [1.54, 1.807) is 30.3 Å². The van der Waals surface area contributed by atoms with Crippen molar-refractivity contribution < 1.29 is 4.74 Å². The van der Waals surface area contributed by atoms with Gasteiger partial charge in [-0.05, 0) is 52.3 Å². The van der Waals surface area contributed by atoms with Crippen LogP contribution in [0.25, 0.3) is 0 Å². The smallest absolute Gasteiger partial charge is 0.147 e. The monoisotopic (exact) mass is 402 g/mol. The van der Waals surface area contributed by atoms with Crippen LogP contribution >= 0.6 is 43.5 Å². The Bertz CT molecular complexity index is 647. The van der Waals surface area contributed by atoms with Crippen molar-refractivity contribution >= 4 is 49.3 Å². The van der Waals surface area contributed by atoms with Crippen molar-refractivity contribution in [3.63, 3.8) is 0 Å². The maximum atomic E-state index is 7.37. The number of rotatable bonds is 3. The number of nitrogens with one attached hydrogen (secondary N) is 1. The highest BCUT2D eigenvalue weighted by Gasteiger charge is 2.08. The van der Waals surface area contributed by atoms with Gasteiger partial charge in [0.1, 0.15) is 17.3 Å². The van der Waals surface area contributed by atoms with Crippen LogP contribution in [0.3, 0.4) is 0 Å². The zero-order valence-electron chi connectivity index (χ0n) is 9.58. The topological polar surface area (TPSA) is 59.1 Å². The highest BCUT2D eigenvalue weighted by Crippen LogP contribution is 2.35. The second kappa shape index (κ2) is 5.94. The molecule has 0 saturated heterocycles. The standard InChI is InChI=1S/C13H9Br2ClN2O/c14-8-2-3-10(16)12(6-8)19-11-4-1-7(13(17)18)5-9(11)15/h1-6H,(H3,17,18). The van der Waals surface area contributed by atoms with Gasteiger partial charge in [0.05, 0.1) is 9.50 Å². The number of hydrogen-bond acceptors (Lipinski definition) is 2. The lowest BCUT2D eigenvalue weighted by atomic mass is 10.2. The molecule has 0 atom stereocenters. The lowest BCUT2D eigenvalue weighted by Crippen LogP contribution is -2.10. The normalized spacial score (nSPS) is 10.3. The Balaban J connectivity index is 2.33. The van der Waals surface area contributed by atoms with Crippen molar-refractivity contribution in [3.05, 3.63) is 55.9 Å². The summed E-state index contributed by atoms with van der Waals surface area (Å²) in [5.74, 6) is 1.16. The summed E-state index contributed by atoms with van der Waals surface area (Å²) in [6, 6.07) is 10.5. The van der Waals surface area contributed by atoms with E-state index < -0.39 is 0 Å². The van der Waals surface area contributed by atoms with Crippen LogP contribution in [0.2, 0.25) is 5.02 Å². The molecule has 98 valence electrons. The molecule has 19 heavy (non-hydrogen) atoms. The van der Waals surface area contributed by atoms with Crippen molar-refractivity contribution in [2.75, 3.05) is 0 Å². The Kier molecular flexibility index (Phi) is 4.50. The molecule has 0 saturated carbocycles. The summed E-state index contributed by atoms with van der Waals surface area (Å²) in [6.07, 6.45) is 0. The first-order chi connectivity index (χ1) is 8.97. The van der Waals surface area contributed by atoms with E-state index in [0.717, 1.165) is 4.47 Å². The van der Waals surface area contributed by atoms with Crippen molar-refractivity contribution in [1.82, 2.24) is 0 Å². The second-order valence-electron chi connectivity index (χ2n) is 3.74. The van der Waals surface area contributed by atoms with Gasteiger partial charge in [-0.15, -0.1) is 0 Å². The molecule has 2 aromatic carbocycles. The highest BCUT2D eigenvalue weighted by atomic mass is 79.9. The van der Waals surface area contributed by atoms with Gasteiger partial charge in [0.15, 0.2) is 0 Å². The second-order valence-corrected chi connectivity index (χ2v) is 5.91. The van der Waals surface area contributed by atoms with Gasteiger partial charge in [0.2, 0.25) is 0 Å². The van der Waals surface area contributed by atoms with Crippen LogP contribution in [0, 0.1) is 5.41 Å². The van der Waals surface area contributed by atoms with E-state index in [9.17, 15) is 0 Å². The molecule has 2 rings (SSSR count). The molecule has 2 aromatic rings. The number of nitrogens with two attached hydrogens (primary N) is 1. The number of ether oxygens (including phenoxy) is 1. The number of halogens is 3. The summed E-state index contributed by atoms with van der Waals surface area (Å²) in [7, 11) is 0. The fourth-order valence-electron chi connectivity index (χ4n) is 1.43. The summed E-state index contributed by atoms with van der Waals surface area (Å²) in [5, 5.41) is 7.89. The molecule has 0 aliphatic carbocycles. The molecule has 0 amide bonds. The third-order valence-corrected chi connectivity index (χ3v) is 3.78. The van der Waals surface area contributed by atoms with E-state index in [0.29, 0.717) is 26.6 Å². The maximum absolute atomic E-state index is 7.37. The molecule has 0 spiro atoms. The molecule has 0 radical (unpaired) electrons. The van der Waals surface area contributed by atoms with Gasteiger partial charge in [0.25, 0.3) is 0 Å². The highest BCUT2D eigenvalue weighted by molar-refractivity contribution is 9.10. The molecular formula is C13H9Br2ClN2O. The van der Waals surface area contributed by atoms with Crippen LogP contribution in [-0.4, -0.2) is 5.84 Å². The zero-order chi connectivity index (χ0) is 14.0. The molecule has 6 heteroatoms. The summed E-state index contributed by atoms with van der Waals surface area (Å²) in [5.41, 5.74) is 6.05. The Hall–Kier alpha value is -1.04. The number of hydrogen-bond donors (Lipinski definition) is 2. The van der Waals surface area contributed by atoms with E-state index in [2.05, 4.69) is 31.9 Å². The average molecular weight is 404 g/mol. The lowest BCUT2D eigenvalue weighted by Gasteiger charge is -2.10. The number of benzene rings is 2. The van der Waals surface area contributed by atoms with Crippen LogP contribution in [0.5, 0.6) is 11.5 Å². The van der Waals surface area contributed by atoms with Crippen LogP contribution in [0.15, 0.2) is 45.3 Å². The van der Waals surface area contributed by atoms with Gasteiger partial charge in [-0.2, -0.15) is 0 Å². The third-order valence-electron chi connectivity index (χ3n) is 2.36. The zero-order valence-corrected chi connectivity index (χ0v) is 13.5. The van der Waals surface area contributed by atoms with Gasteiger partial charge in [-0.1, -0.05) is 27.5 Å². The van der Waals surface area contributed by atoms with Gasteiger partial charge < -0.3 is 10.5 Å². The maximum Gasteiger partial charge on any atom is 0.147 e. The van der Waals surface area contributed by atoms with Gasteiger partial charge in [0, 0.05) is 10.0 Å². The predicted molar refractivity (Wildman–Crippen MR) is 84.4 cm³/mol. The summed E-state index contributed by atoms with van der Waals surface area (Å²) in [4.78, 5) is 0. The largest absolute Gasteiger partial charge is 0.455 e. The van der Waals surface area contributed by atoms with E-state index in [1.807, 2.05) is 6.07 Å².